The van der Waals surface area contributed by atoms with Crippen molar-refractivity contribution in [1.29, 1.82) is 5.26 Å². The number of benzene rings is 2. The molecule has 5 heteroatoms. The van der Waals surface area contributed by atoms with Gasteiger partial charge in [0.25, 0.3) is 5.91 Å². The van der Waals surface area contributed by atoms with Crippen molar-refractivity contribution in [2.24, 2.45) is 0 Å². The van der Waals surface area contributed by atoms with E-state index in [0.717, 1.165) is 35.5 Å². The average Bonchev–Trinajstić information content (AvgIpc) is 2.68. The Morgan fingerprint density at radius 3 is 2.72 bits per heavy atom. The number of carbonyl (C=O) groups is 1. The summed E-state index contributed by atoms with van der Waals surface area (Å²) in [6.07, 6.45) is 3.31. The molecule has 2 aromatic carbocycles. The lowest BCUT2D eigenvalue weighted by molar-refractivity contribution is -0.114. The number of amides is 1. The molecule has 3 rings (SSSR count). The second kappa shape index (κ2) is 7.54. The first-order valence-electron chi connectivity index (χ1n) is 8.13. The standard InChI is InChI=1S/C20H19N3O2/c1-25-18-10-8-17(9-11-18)22-14-16(13-21)20(24)23-12-4-6-15-5-2-3-7-19(15)23/h2-3,5,7-11,14,22H,4,6,12H2,1H3/b16-14-. The van der Waals surface area contributed by atoms with Gasteiger partial charge in [-0.1, -0.05) is 18.2 Å². The lowest BCUT2D eigenvalue weighted by Gasteiger charge is -2.29. The Morgan fingerprint density at radius 2 is 2.00 bits per heavy atom. The Kier molecular flexibility index (Phi) is 5.00. The van der Waals surface area contributed by atoms with Crippen molar-refractivity contribution in [3.05, 3.63) is 65.9 Å². The van der Waals surface area contributed by atoms with Gasteiger partial charge in [-0.2, -0.15) is 5.26 Å². The first-order valence-corrected chi connectivity index (χ1v) is 8.13. The summed E-state index contributed by atoms with van der Waals surface area (Å²) in [4.78, 5) is 14.5. The summed E-state index contributed by atoms with van der Waals surface area (Å²) in [7, 11) is 1.60. The van der Waals surface area contributed by atoms with E-state index in [1.165, 1.54) is 6.20 Å². The highest BCUT2D eigenvalue weighted by atomic mass is 16.5. The number of methoxy groups -OCH3 is 1. The van der Waals surface area contributed by atoms with Crippen LogP contribution in [0.25, 0.3) is 0 Å². The minimum atomic E-state index is -0.282. The third kappa shape index (κ3) is 3.64. The molecular weight excluding hydrogens is 314 g/mol. The SMILES string of the molecule is COc1ccc(N/C=C(/C#N)C(=O)N2CCCc3ccccc32)cc1. The summed E-state index contributed by atoms with van der Waals surface area (Å²) >= 11 is 0. The number of anilines is 2. The highest BCUT2D eigenvalue weighted by Gasteiger charge is 2.24. The van der Waals surface area contributed by atoms with Crippen molar-refractivity contribution in [2.45, 2.75) is 12.8 Å². The molecular formula is C20H19N3O2. The topological polar surface area (TPSA) is 65.4 Å². The van der Waals surface area contributed by atoms with Gasteiger partial charge in [0.1, 0.15) is 17.4 Å². The van der Waals surface area contributed by atoms with Crippen LogP contribution < -0.4 is 15.0 Å². The van der Waals surface area contributed by atoms with E-state index in [1.807, 2.05) is 54.6 Å². The normalized spacial score (nSPS) is 13.6. The van der Waals surface area contributed by atoms with Gasteiger partial charge in [-0.3, -0.25) is 4.79 Å². The fourth-order valence-corrected chi connectivity index (χ4v) is 2.87. The Balaban J connectivity index is 1.78. The summed E-state index contributed by atoms with van der Waals surface area (Å²) in [5, 5.41) is 12.4. The minimum absolute atomic E-state index is 0.0764. The van der Waals surface area contributed by atoms with Crippen LogP contribution in [-0.4, -0.2) is 19.6 Å². The van der Waals surface area contributed by atoms with Crippen LogP contribution in [0, 0.1) is 11.3 Å². The molecule has 0 saturated heterocycles. The van der Waals surface area contributed by atoms with Gasteiger partial charge in [0, 0.05) is 24.1 Å². The molecule has 2 aromatic rings. The van der Waals surface area contributed by atoms with Crippen LogP contribution in [0.15, 0.2) is 60.3 Å². The number of nitrogens with one attached hydrogen (secondary N) is 1. The summed E-state index contributed by atoms with van der Waals surface area (Å²) in [6.45, 7) is 0.622. The van der Waals surface area contributed by atoms with Crippen molar-refractivity contribution in [1.82, 2.24) is 0 Å². The third-order valence-corrected chi connectivity index (χ3v) is 4.18. The largest absolute Gasteiger partial charge is 0.497 e. The van der Waals surface area contributed by atoms with E-state index in [9.17, 15) is 10.1 Å². The van der Waals surface area contributed by atoms with E-state index in [4.69, 9.17) is 4.74 Å². The van der Waals surface area contributed by atoms with E-state index >= 15 is 0 Å². The number of ether oxygens (including phenoxy) is 1. The van der Waals surface area contributed by atoms with Crippen LogP contribution >= 0.6 is 0 Å². The smallest absolute Gasteiger partial charge is 0.270 e. The number of hydrogen-bond acceptors (Lipinski definition) is 4. The maximum Gasteiger partial charge on any atom is 0.270 e. The van der Waals surface area contributed by atoms with E-state index in [0.29, 0.717) is 6.54 Å². The van der Waals surface area contributed by atoms with Crippen molar-refractivity contribution in [2.75, 3.05) is 23.9 Å². The summed E-state index contributed by atoms with van der Waals surface area (Å²) < 4.78 is 5.11. The molecule has 1 amide bonds. The summed E-state index contributed by atoms with van der Waals surface area (Å²) in [5.74, 6) is 0.465. The molecule has 1 aliphatic heterocycles. The summed E-state index contributed by atoms with van der Waals surface area (Å²) in [6, 6.07) is 17.1. The van der Waals surface area contributed by atoms with Crippen LogP contribution in [0.2, 0.25) is 0 Å². The van der Waals surface area contributed by atoms with Crippen LogP contribution in [0.4, 0.5) is 11.4 Å². The fraction of sp³-hybridized carbons (Fsp3) is 0.200. The molecule has 0 fully saturated rings. The van der Waals surface area contributed by atoms with Crippen molar-refractivity contribution in [3.63, 3.8) is 0 Å². The zero-order chi connectivity index (χ0) is 17.6. The second-order valence-corrected chi connectivity index (χ2v) is 5.73. The van der Waals surface area contributed by atoms with Crippen LogP contribution in [-0.2, 0) is 11.2 Å². The highest BCUT2D eigenvalue weighted by molar-refractivity contribution is 6.09. The predicted octanol–water partition coefficient (Wildman–Crippen LogP) is 3.49. The number of hydrogen-bond donors (Lipinski definition) is 1. The van der Waals surface area contributed by atoms with Crippen molar-refractivity contribution in [3.8, 4) is 11.8 Å². The molecule has 5 nitrogen and oxygen atoms in total. The first-order chi connectivity index (χ1) is 12.2. The quantitative estimate of drug-likeness (QED) is 0.687. The molecule has 0 spiro atoms. The molecule has 1 aliphatic rings. The molecule has 0 aliphatic carbocycles. The van der Waals surface area contributed by atoms with Crippen molar-refractivity contribution < 1.29 is 9.53 Å². The number of rotatable bonds is 4. The third-order valence-electron chi connectivity index (χ3n) is 4.18. The van der Waals surface area contributed by atoms with Gasteiger partial charge in [0.05, 0.1) is 7.11 Å². The molecule has 0 radical (unpaired) electrons. The highest BCUT2D eigenvalue weighted by Crippen LogP contribution is 2.27. The Bertz CT molecular complexity index is 835. The van der Waals surface area contributed by atoms with Gasteiger partial charge in [-0.05, 0) is 48.7 Å². The Hall–Kier alpha value is -3.26. The number of carbonyl (C=O) groups excluding carboxylic acids is 1. The number of nitriles is 1. The lowest BCUT2D eigenvalue weighted by Crippen LogP contribution is -2.36. The molecule has 1 N–H and O–H groups in total. The van der Waals surface area contributed by atoms with Gasteiger partial charge >= 0.3 is 0 Å². The molecule has 1 heterocycles. The predicted molar refractivity (Wildman–Crippen MR) is 97.4 cm³/mol. The molecule has 126 valence electrons. The average molecular weight is 333 g/mol. The van der Waals surface area contributed by atoms with E-state index in [2.05, 4.69) is 5.32 Å². The van der Waals surface area contributed by atoms with Gasteiger partial charge < -0.3 is 15.0 Å². The van der Waals surface area contributed by atoms with Crippen LogP contribution in [0.1, 0.15) is 12.0 Å². The molecule has 0 saturated carbocycles. The van der Waals surface area contributed by atoms with Gasteiger partial charge in [-0.25, -0.2) is 0 Å². The first kappa shape index (κ1) is 16.6. The summed E-state index contributed by atoms with van der Waals surface area (Å²) in [5.41, 5.74) is 2.89. The van der Waals surface area contributed by atoms with Gasteiger partial charge in [-0.15, -0.1) is 0 Å². The number of nitrogens with zero attached hydrogens (tertiary/aromatic N) is 2. The van der Waals surface area contributed by atoms with Gasteiger partial charge in [0.15, 0.2) is 0 Å². The monoisotopic (exact) mass is 333 g/mol. The zero-order valence-corrected chi connectivity index (χ0v) is 14.0. The van der Waals surface area contributed by atoms with Gasteiger partial charge in [0.2, 0.25) is 0 Å². The second-order valence-electron chi connectivity index (χ2n) is 5.73. The van der Waals surface area contributed by atoms with E-state index < -0.39 is 0 Å². The molecule has 0 unspecified atom stereocenters. The van der Waals surface area contributed by atoms with Crippen LogP contribution in [0.3, 0.4) is 0 Å². The Morgan fingerprint density at radius 1 is 1.24 bits per heavy atom. The van der Waals surface area contributed by atoms with Crippen molar-refractivity contribution >= 4 is 17.3 Å². The number of aryl methyl sites for hydroxylation is 1. The van der Waals surface area contributed by atoms with E-state index in [-0.39, 0.29) is 11.5 Å². The maximum atomic E-state index is 12.8. The number of para-hydroxylation sites is 1. The molecule has 25 heavy (non-hydrogen) atoms. The molecule has 0 bridgehead atoms. The number of fused-ring (bicyclic) bond motifs is 1. The van der Waals surface area contributed by atoms with E-state index in [1.54, 1.807) is 12.0 Å². The zero-order valence-electron chi connectivity index (χ0n) is 14.0. The molecule has 0 aromatic heterocycles. The Labute approximate surface area is 147 Å². The molecule has 0 atom stereocenters. The lowest BCUT2D eigenvalue weighted by atomic mass is 10.0. The maximum absolute atomic E-state index is 12.8. The minimum Gasteiger partial charge on any atom is -0.497 e. The van der Waals surface area contributed by atoms with Crippen LogP contribution in [0.5, 0.6) is 5.75 Å². The fourth-order valence-electron chi connectivity index (χ4n) is 2.87.